The fraction of sp³-hybridized carbons (Fsp3) is 0.400. The summed E-state index contributed by atoms with van der Waals surface area (Å²) in [5.41, 5.74) is 1.46. The lowest BCUT2D eigenvalue weighted by atomic mass is 10.1. The molecule has 0 aliphatic heterocycles. The van der Waals surface area contributed by atoms with Crippen LogP contribution in [0.2, 0.25) is 6.04 Å². The van der Waals surface area contributed by atoms with Gasteiger partial charge in [-0.05, 0) is 24.4 Å². The van der Waals surface area contributed by atoms with Crippen molar-refractivity contribution in [2.24, 2.45) is 0 Å². The van der Waals surface area contributed by atoms with Crippen LogP contribution in [0.5, 0.6) is 0 Å². The molecule has 0 aromatic heterocycles. The van der Waals surface area contributed by atoms with Crippen LogP contribution in [0.3, 0.4) is 0 Å². The summed E-state index contributed by atoms with van der Waals surface area (Å²) < 4.78 is 0. The number of halogens is 2. The van der Waals surface area contributed by atoms with Crippen LogP contribution in [0.15, 0.2) is 30.3 Å². The maximum Gasteiger partial charge on any atom is 0.215 e. The molecule has 0 aliphatic rings. The molecule has 0 saturated heterocycles. The van der Waals surface area contributed by atoms with E-state index >= 15 is 0 Å². The molecule has 0 N–H and O–H groups in total. The summed E-state index contributed by atoms with van der Waals surface area (Å²) in [4.78, 5) is 0. The summed E-state index contributed by atoms with van der Waals surface area (Å²) in [7, 11) is 0. The SMILES string of the molecule is Br[Si](Br)CCCCc1ccccc1. The van der Waals surface area contributed by atoms with Crippen LogP contribution >= 0.6 is 30.6 Å². The molecule has 1 rings (SSSR count). The zero-order chi connectivity index (χ0) is 9.52. The van der Waals surface area contributed by atoms with Gasteiger partial charge in [-0.3, -0.25) is 0 Å². The predicted molar refractivity (Wildman–Crippen MR) is 67.8 cm³/mol. The van der Waals surface area contributed by atoms with E-state index in [4.69, 9.17) is 0 Å². The molecule has 3 heteroatoms. The summed E-state index contributed by atoms with van der Waals surface area (Å²) >= 11 is 7.16. The van der Waals surface area contributed by atoms with Gasteiger partial charge in [0.2, 0.25) is 6.04 Å². The van der Waals surface area contributed by atoms with Crippen LogP contribution in [0.1, 0.15) is 18.4 Å². The number of hydrogen-bond donors (Lipinski definition) is 0. The third-order valence-electron chi connectivity index (χ3n) is 1.92. The highest BCUT2D eigenvalue weighted by atomic mass is 79.9. The Bertz CT molecular complexity index is 224. The van der Waals surface area contributed by atoms with Crippen molar-refractivity contribution in [2.45, 2.75) is 25.3 Å². The molecule has 0 unspecified atom stereocenters. The van der Waals surface area contributed by atoms with E-state index in [-0.39, 0.29) is 6.04 Å². The summed E-state index contributed by atoms with van der Waals surface area (Å²) in [6.45, 7) is 0. The minimum absolute atomic E-state index is 0.363. The van der Waals surface area contributed by atoms with Crippen molar-refractivity contribution in [1.82, 2.24) is 0 Å². The van der Waals surface area contributed by atoms with Gasteiger partial charge in [-0.25, -0.2) is 0 Å². The Hall–Kier alpha value is 0.397. The summed E-state index contributed by atoms with van der Waals surface area (Å²) in [6, 6.07) is 11.6. The third kappa shape index (κ3) is 5.65. The Morgan fingerprint density at radius 1 is 1.00 bits per heavy atom. The number of aryl methyl sites for hydroxylation is 1. The predicted octanol–water partition coefficient (Wildman–Crippen LogP) is 4.29. The number of unbranched alkanes of at least 4 members (excludes halogenated alkanes) is 1. The molecule has 1 aromatic carbocycles. The van der Waals surface area contributed by atoms with Crippen LogP contribution in [0, 0.1) is 0 Å². The third-order valence-corrected chi connectivity index (χ3v) is 5.03. The smallest absolute Gasteiger partial charge is 0.112 e. The Balaban J connectivity index is 2.13. The summed E-state index contributed by atoms with van der Waals surface area (Å²) in [6.07, 6.45) is 3.84. The first-order chi connectivity index (χ1) is 6.29. The molecule has 0 atom stereocenters. The Morgan fingerprint density at radius 3 is 2.31 bits per heavy atom. The Morgan fingerprint density at radius 2 is 1.69 bits per heavy atom. The summed E-state index contributed by atoms with van der Waals surface area (Å²) in [5, 5.41) is 0. The van der Waals surface area contributed by atoms with Crippen molar-refractivity contribution in [1.29, 1.82) is 0 Å². The van der Waals surface area contributed by atoms with E-state index in [2.05, 4.69) is 60.9 Å². The van der Waals surface area contributed by atoms with Crippen LogP contribution < -0.4 is 0 Å². The van der Waals surface area contributed by atoms with Gasteiger partial charge in [-0.2, -0.15) is 0 Å². The molecule has 0 spiro atoms. The fourth-order valence-electron chi connectivity index (χ4n) is 1.23. The second-order valence-electron chi connectivity index (χ2n) is 3.03. The van der Waals surface area contributed by atoms with E-state index in [1.165, 1.54) is 30.9 Å². The topological polar surface area (TPSA) is 0 Å². The molecular weight excluding hydrogens is 308 g/mol. The van der Waals surface area contributed by atoms with E-state index in [0.29, 0.717) is 0 Å². The molecule has 1 aromatic rings. The second kappa shape index (κ2) is 6.79. The molecule has 1 radical (unpaired) electrons. The van der Waals surface area contributed by atoms with E-state index in [1.54, 1.807) is 0 Å². The first-order valence-corrected chi connectivity index (χ1v) is 10.7. The van der Waals surface area contributed by atoms with Gasteiger partial charge in [-0.15, -0.1) is 30.6 Å². The van der Waals surface area contributed by atoms with Crippen molar-refractivity contribution >= 4 is 36.6 Å². The van der Waals surface area contributed by atoms with E-state index in [9.17, 15) is 0 Å². The highest BCUT2D eigenvalue weighted by molar-refractivity contribution is 9.49. The van der Waals surface area contributed by atoms with Crippen molar-refractivity contribution in [3.63, 3.8) is 0 Å². The van der Waals surface area contributed by atoms with Gasteiger partial charge in [0.25, 0.3) is 0 Å². The molecule has 0 fully saturated rings. The first kappa shape index (κ1) is 11.5. The van der Waals surface area contributed by atoms with E-state index in [1.807, 2.05) is 0 Å². The molecule has 71 valence electrons. The lowest BCUT2D eigenvalue weighted by Gasteiger charge is -2.01. The Kier molecular flexibility index (Phi) is 5.99. The van der Waals surface area contributed by atoms with E-state index in [0.717, 1.165) is 0 Å². The molecule has 0 bridgehead atoms. The average molecular weight is 321 g/mol. The lowest BCUT2D eigenvalue weighted by Crippen LogP contribution is -1.91. The zero-order valence-electron chi connectivity index (χ0n) is 7.47. The number of rotatable bonds is 5. The van der Waals surface area contributed by atoms with Gasteiger partial charge in [0.1, 0.15) is 0 Å². The van der Waals surface area contributed by atoms with Crippen LogP contribution in [-0.4, -0.2) is 6.04 Å². The molecule has 0 aliphatic carbocycles. The highest BCUT2D eigenvalue weighted by Crippen LogP contribution is 2.14. The minimum atomic E-state index is -0.363. The minimum Gasteiger partial charge on any atom is -0.112 e. The standard InChI is InChI=1S/C10H13Br2Si/c11-13(12)9-5-4-8-10-6-2-1-3-7-10/h1-3,6-7H,4-5,8-9H2. The van der Waals surface area contributed by atoms with Gasteiger partial charge in [0.05, 0.1) is 0 Å². The molecule has 0 amide bonds. The van der Waals surface area contributed by atoms with Gasteiger partial charge < -0.3 is 0 Å². The number of hydrogen-bond acceptors (Lipinski definition) is 0. The second-order valence-corrected chi connectivity index (χ2v) is 13.1. The number of benzene rings is 1. The largest absolute Gasteiger partial charge is 0.215 e. The molecule has 0 heterocycles. The lowest BCUT2D eigenvalue weighted by molar-refractivity contribution is 0.793. The van der Waals surface area contributed by atoms with E-state index < -0.39 is 0 Å². The van der Waals surface area contributed by atoms with Crippen molar-refractivity contribution in [3.05, 3.63) is 35.9 Å². The van der Waals surface area contributed by atoms with Crippen LogP contribution in [-0.2, 0) is 6.42 Å². The quantitative estimate of drug-likeness (QED) is 0.431. The van der Waals surface area contributed by atoms with Crippen LogP contribution in [0.4, 0.5) is 0 Å². The monoisotopic (exact) mass is 319 g/mol. The van der Waals surface area contributed by atoms with Gasteiger partial charge in [0, 0.05) is 0 Å². The maximum atomic E-state index is 3.58. The fourth-order valence-corrected chi connectivity index (χ4v) is 3.43. The Labute approximate surface area is 97.5 Å². The molecule has 13 heavy (non-hydrogen) atoms. The van der Waals surface area contributed by atoms with Gasteiger partial charge >= 0.3 is 0 Å². The molecule has 0 nitrogen and oxygen atoms in total. The van der Waals surface area contributed by atoms with Crippen molar-refractivity contribution < 1.29 is 0 Å². The molecular formula is C10H13Br2Si. The highest BCUT2D eigenvalue weighted by Gasteiger charge is 2.00. The van der Waals surface area contributed by atoms with Crippen molar-refractivity contribution in [2.75, 3.05) is 0 Å². The van der Waals surface area contributed by atoms with Crippen molar-refractivity contribution in [3.8, 4) is 0 Å². The summed E-state index contributed by atoms with van der Waals surface area (Å²) in [5.74, 6) is 0. The maximum absolute atomic E-state index is 3.58. The average Bonchev–Trinajstić information content (AvgIpc) is 2.14. The van der Waals surface area contributed by atoms with Gasteiger partial charge in [0.15, 0.2) is 0 Å². The molecule has 0 saturated carbocycles. The van der Waals surface area contributed by atoms with Gasteiger partial charge in [-0.1, -0.05) is 36.8 Å². The first-order valence-electron chi connectivity index (χ1n) is 4.50. The zero-order valence-corrected chi connectivity index (χ0v) is 11.6. The normalized spacial score (nSPS) is 10.7. The van der Waals surface area contributed by atoms with Crippen LogP contribution in [0.25, 0.3) is 0 Å².